The van der Waals surface area contributed by atoms with Gasteiger partial charge >= 0.3 is 0 Å². The maximum atomic E-state index is 12.4. The zero-order chi connectivity index (χ0) is 14.3. The van der Waals surface area contributed by atoms with Crippen LogP contribution in [0.25, 0.3) is 0 Å². The number of carbonyl (C=O) groups excluding carboxylic acids is 1. The van der Waals surface area contributed by atoms with Crippen LogP contribution in [0, 0.1) is 13.8 Å². The van der Waals surface area contributed by atoms with Gasteiger partial charge in [0.1, 0.15) is 0 Å². The maximum absolute atomic E-state index is 12.4. The molecule has 0 aromatic heterocycles. The lowest BCUT2D eigenvalue weighted by molar-refractivity contribution is 0.0766. The zero-order valence-corrected chi connectivity index (χ0v) is 11.8. The van der Waals surface area contributed by atoms with E-state index in [1.54, 1.807) is 6.07 Å². The average molecular weight is 266 g/mol. The standard InChI is InChI=1S/C17H18N2O/c1-11-3-4-12(2)14(7-11)10-19-9-13-5-6-15(18)8-16(13)17(19)20/h3-8H,9-10,18H2,1-2H3. The average Bonchev–Trinajstić information content (AvgIpc) is 2.71. The Morgan fingerprint density at radius 2 is 1.95 bits per heavy atom. The summed E-state index contributed by atoms with van der Waals surface area (Å²) in [4.78, 5) is 14.3. The molecule has 2 aromatic carbocycles. The molecule has 1 amide bonds. The summed E-state index contributed by atoms with van der Waals surface area (Å²) < 4.78 is 0. The molecule has 20 heavy (non-hydrogen) atoms. The van der Waals surface area contributed by atoms with Gasteiger partial charge in [-0.25, -0.2) is 0 Å². The van der Waals surface area contributed by atoms with Crippen molar-refractivity contribution in [3.05, 3.63) is 64.2 Å². The second-order valence-corrected chi connectivity index (χ2v) is 5.51. The summed E-state index contributed by atoms with van der Waals surface area (Å²) >= 11 is 0. The number of fused-ring (bicyclic) bond motifs is 1. The van der Waals surface area contributed by atoms with Gasteiger partial charge in [-0.05, 0) is 42.7 Å². The molecular weight excluding hydrogens is 248 g/mol. The van der Waals surface area contributed by atoms with Crippen LogP contribution in [0.5, 0.6) is 0 Å². The van der Waals surface area contributed by atoms with Gasteiger partial charge < -0.3 is 10.6 Å². The van der Waals surface area contributed by atoms with Crippen molar-refractivity contribution >= 4 is 11.6 Å². The molecule has 0 unspecified atom stereocenters. The predicted molar refractivity (Wildman–Crippen MR) is 80.3 cm³/mol. The van der Waals surface area contributed by atoms with Crippen LogP contribution in [0.1, 0.15) is 32.6 Å². The number of nitrogens with zero attached hydrogens (tertiary/aromatic N) is 1. The first-order chi connectivity index (χ1) is 9.54. The first-order valence-corrected chi connectivity index (χ1v) is 6.78. The summed E-state index contributed by atoms with van der Waals surface area (Å²) in [5, 5.41) is 0. The van der Waals surface area contributed by atoms with Crippen molar-refractivity contribution in [1.82, 2.24) is 4.90 Å². The fourth-order valence-corrected chi connectivity index (χ4v) is 2.68. The van der Waals surface area contributed by atoms with Crippen molar-refractivity contribution in [1.29, 1.82) is 0 Å². The van der Waals surface area contributed by atoms with Crippen molar-refractivity contribution in [3.8, 4) is 0 Å². The van der Waals surface area contributed by atoms with Crippen LogP contribution in [0.4, 0.5) is 5.69 Å². The molecule has 102 valence electrons. The highest BCUT2D eigenvalue weighted by Crippen LogP contribution is 2.27. The molecule has 1 aliphatic heterocycles. The van der Waals surface area contributed by atoms with Crippen LogP contribution < -0.4 is 5.73 Å². The van der Waals surface area contributed by atoms with E-state index >= 15 is 0 Å². The van der Waals surface area contributed by atoms with Crippen molar-refractivity contribution in [2.45, 2.75) is 26.9 Å². The molecule has 3 nitrogen and oxygen atoms in total. The third-order valence-corrected chi connectivity index (χ3v) is 3.88. The second-order valence-electron chi connectivity index (χ2n) is 5.51. The number of nitrogen functional groups attached to an aromatic ring is 1. The Morgan fingerprint density at radius 3 is 2.75 bits per heavy atom. The van der Waals surface area contributed by atoms with Crippen molar-refractivity contribution < 1.29 is 4.79 Å². The number of carbonyl (C=O) groups is 1. The molecule has 1 heterocycles. The molecular formula is C17H18N2O. The minimum atomic E-state index is 0.0770. The van der Waals surface area contributed by atoms with E-state index in [2.05, 4.69) is 32.0 Å². The lowest BCUT2D eigenvalue weighted by atomic mass is 10.1. The smallest absolute Gasteiger partial charge is 0.254 e. The van der Waals surface area contributed by atoms with Gasteiger partial charge in [0.15, 0.2) is 0 Å². The Balaban J connectivity index is 1.88. The van der Waals surface area contributed by atoms with E-state index in [4.69, 9.17) is 5.73 Å². The van der Waals surface area contributed by atoms with Crippen molar-refractivity contribution in [2.75, 3.05) is 5.73 Å². The SMILES string of the molecule is Cc1ccc(C)c(CN2Cc3ccc(N)cc3C2=O)c1. The summed E-state index contributed by atoms with van der Waals surface area (Å²) in [5.41, 5.74) is 11.9. The van der Waals surface area contributed by atoms with E-state index in [1.807, 2.05) is 17.0 Å². The summed E-state index contributed by atoms with van der Waals surface area (Å²) in [6.45, 7) is 5.48. The number of hydrogen-bond acceptors (Lipinski definition) is 2. The van der Waals surface area contributed by atoms with Crippen molar-refractivity contribution in [2.24, 2.45) is 0 Å². The Bertz CT molecular complexity index is 691. The Labute approximate surface area is 119 Å². The molecule has 0 saturated heterocycles. The third-order valence-electron chi connectivity index (χ3n) is 3.88. The minimum Gasteiger partial charge on any atom is -0.399 e. The number of hydrogen-bond donors (Lipinski definition) is 1. The first kappa shape index (κ1) is 12.7. The van der Waals surface area contributed by atoms with Gasteiger partial charge in [-0.1, -0.05) is 29.8 Å². The highest BCUT2D eigenvalue weighted by molar-refractivity contribution is 5.99. The van der Waals surface area contributed by atoms with Gasteiger partial charge in [0.2, 0.25) is 0 Å². The Kier molecular flexibility index (Phi) is 2.97. The normalized spacial score (nSPS) is 13.7. The molecule has 0 fully saturated rings. The van der Waals surface area contributed by atoms with Gasteiger partial charge in [0.25, 0.3) is 5.91 Å². The van der Waals surface area contributed by atoms with Crippen LogP contribution >= 0.6 is 0 Å². The van der Waals surface area contributed by atoms with Crippen LogP contribution in [-0.4, -0.2) is 10.8 Å². The monoisotopic (exact) mass is 266 g/mol. The fourth-order valence-electron chi connectivity index (χ4n) is 2.68. The van der Waals surface area contributed by atoms with E-state index in [0.29, 0.717) is 18.8 Å². The summed E-state index contributed by atoms with van der Waals surface area (Å²) in [6.07, 6.45) is 0. The lowest BCUT2D eigenvalue weighted by Crippen LogP contribution is -2.23. The number of anilines is 1. The molecule has 2 N–H and O–H groups in total. The minimum absolute atomic E-state index is 0.0770. The number of nitrogens with two attached hydrogens (primary N) is 1. The number of rotatable bonds is 2. The van der Waals surface area contributed by atoms with Crippen LogP contribution in [0.2, 0.25) is 0 Å². The van der Waals surface area contributed by atoms with Gasteiger partial charge in [-0.2, -0.15) is 0 Å². The highest BCUT2D eigenvalue weighted by Gasteiger charge is 2.27. The summed E-state index contributed by atoms with van der Waals surface area (Å²) in [7, 11) is 0. The fraction of sp³-hybridized carbons (Fsp3) is 0.235. The number of benzene rings is 2. The molecule has 3 heteroatoms. The molecule has 0 spiro atoms. The van der Waals surface area contributed by atoms with Gasteiger partial charge in [0, 0.05) is 24.3 Å². The molecule has 2 aromatic rings. The van der Waals surface area contributed by atoms with Gasteiger partial charge in [0.05, 0.1) is 0 Å². The first-order valence-electron chi connectivity index (χ1n) is 6.78. The maximum Gasteiger partial charge on any atom is 0.254 e. The summed E-state index contributed by atoms with van der Waals surface area (Å²) in [6, 6.07) is 11.9. The summed E-state index contributed by atoms with van der Waals surface area (Å²) in [5.74, 6) is 0.0770. The van der Waals surface area contributed by atoms with E-state index in [9.17, 15) is 4.79 Å². The van der Waals surface area contributed by atoms with E-state index in [-0.39, 0.29) is 5.91 Å². The van der Waals surface area contributed by atoms with Crippen LogP contribution in [0.15, 0.2) is 36.4 Å². The van der Waals surface area contributed by atoms with E-state index in [0.717, 1.165) is 11.1 Å². The number of amides is 1. The van der Waals surface area contributed by atoms with Crippen molar-refractivity contribution in [3.63, 3.8) is 0 Å². The quantitative estimate of drug-likeness (QED) is 0.849. The molecule has 0 atom stereocenters. The Morgan fingerprint density at radius 1 is 1.15 bits per heavy atom. The predicted octanol–water partition coefficient (Wildman–Crippen LogP) is 3.04. The molecule has 0 radical (unpaired) electrons. The molecule has 0 bridgehead atoms. The topological polar surface area (TPSA) is 46.3 Å². The molecule has 0 saturated carbocycles. The second kappa shape index (κ2) is 4.67. The van der Waals surface area contributed by atoms with Gasteiger partial charge in [-0.15, -0.1) is 0 Å². The Hall–Kier alpha value is -2.29. The molecule has 3 rings (SSSR count). The molecule has 1 aliphatic rings. The highest BCUT2D eigenvalue weighted by atomic mass is 16.2. The number of aryl methyl sites for hydroxylation is 2. The van der Waals surface area contributed by atoms with Crippen LogP contribution in [0.3, 0.4) is 0 Å². The molecule has 0 aliphatic carbocycles. The van der Waals surface area contributed by atoms with E-state index in [1.165, 1.54) is 16.7 Å². The largest absolute Gasteiger partial charge is 0.399 e. The zero-order valence-electron chi connectivity index (χ0n) is 11.8. The lowest BCUT2D eigenvalue weighted by Gasteiger charge is -2.17. The third kappa shape index (κ3) is 2.16. The van der Waals surface area contributed by atoms with E-state index < -0.39 is 0 Å². The van der Waals surface area contributed by atoms with Crippen LogP contribution in [-0.2, 0) is 13.1 Å². The van der Waals surface area contributed by atoms with Gasteiger partial charge in [-0.3, -0.25) is 4.79 Å².